The fourth-order valence-corrected chi connectivity index (χ4v) is 3.75. The number of nitrogens with one attached hydrogen (secondary N) is 1. The summed E-state index contributed by atoms with van der Waals surface area (Å²) in [6, 6.07) is 17.3. The molecule has 0 saturated carbocycles. The molecule has 3 aromatic rings. The van der Waals surface area contributed by atoms with Crippen LogP contribution >= 0.6 is 34.8 Å². The molecule has 2 amide bonds. The van der Waals surface area contributed by atoms with Crippen molar-refractivity contribution in [3.8, 4) is 11.5 Å². The lowest BCUT2D eigenvalue weighted by Crippen LogP contribution is -2.32. The number of rotatable bonds is 6. The van der Waals surface area contributed by atoms with Crippen LogP contribution in [-0.4, -0.2) is 24.9 Å². The molecule has 0 unspecified atom stereocenters. The molecule has 4 rings (SSSR count). The highest BCUT2D eigenvalue weighted by molar-refractivity contribution is 6.54. The molecule has 1 heterocycles. The number of methoxy groups -OCH3 is 1. The quantitative estimate of drug-likeness (QED) is 0.258. The summed E-state index contributed by atoms with van der Waals surface area (Å²) in [5, 5.41) is 2.76. The van der Waals surface area contributed by atoms with Gasteiger partial charge in [-0.25, -0.2) is 9.69 Å². The van der Waals surface area contributed by atoms with E-state index in [4.69, 9.17) is 44.3 Å². The Morgan fingerprint density at radius 1 is 0.882 bits per heavy atom. The molecule has 7 nitrogen and oxygen atoms in total. The van der Waals surface area contributed by atoms with Gasteiger partial charge in [0.05, 0.1) is 28.4 Å². The summed E-state index contributed by atoms with van der Waals surface area (Å²) in [5.41, 5.74) is 0.685. The average Bonchev–Trinajstić information content (AvgIpc) is 3.04. The molecule has 0 aromatic heterocycles. The monoisotopic (exact) mass is 516 g/mol. The predicted octanol–water partition coefficient (Wildman–Crippen LogP) is 5.66. The summed E-state index contributed by atoms with van der Waals surface area (Å²) >= 11 is 18.3. The Hall–Kier alpha value is -3.52. The number of hydrogen-bond donors (Lipinski definition) is 1. The van der Waals surface area contributed by atoms with Gasteiger partial charge in [0.1, 0.15) is 22.2 Å². The van der Waals surface area contributed by atoms with E-state index in [1.807, 2.05) is 0 Å². The van der Waals surface area contributed by atoms with Gasteiger partial charge in [0.2, 0.25) is 0 Å². The van der Waals surface area contributed by atoms with Crippen LogP contribution in [0.25, 0.3) is 0 Å². The molecule has 10 heteroatoms. The van der Waals surface area contributed by atoms with Crippen LogP contribution in [0.3, 0.4) is 0 Å². The van der Waals surface area contributed by atoms with Crippen LogP contribution in [0.2, 0.25) is 10.0 Å². The Labute approximate surface area is 209 Å². The van der Waals surface area contributed by atoms with Gasteiger partial charge in [0, 0.05) is 11.8 Å². The van der Waals surface area contributed by atoms with Crippen molar-refractivity contribution in [2.24, 2.45) is 0 Å². The SMILES string of the molecule is COc1cccc(OC(=O)c2ccc(NC3=C(Cl)C(=O)N(c4cccc(Cl)c4Cl)C3=O)cc2)c1. The number of esters is 1. The van der Waals surface area contributed by atoms with Crippen molar-refractivity contribution in [1.29, 1.82) is 0 Å². The van der Waals surface area contributed by atoms with Gasteiger partial charge in [-0.1, -0.05) is 46.9 Å². The fraction of sp³-hybridized carbons (Fsp3) is 0.0417. The number of hydrogen-bond acceptors (Lipinski definition) is 6. The standard InChI is InChI=1S/C24H15Cl3N2O5/c1-33-15-4-2-5-16(12-15)34-24(32)13-8-10-14(11-9-13)28-21-20(27)22(30)29(23(21)31)18-7-3-6-17(25)19(18)26/h2-12,28H,1H3. The van der Waals surface area contributed by atoms with Gasteiger partial charge in [-0.2, -0.15) is 0 Å². The number of imide groups is 1. The second kappa shape index (κ2) is 9.77. The topological polar surface area (TPSA) is 84.9 Å². The van der Waals surface area contributed by atoms with Crippen molar-refractivity contribution in [3.05, 3.63) is 93.1 Å². The maximum Gasteiger partial charge on any atom is 0.343 e. The molecular formula is C24H15Cl3N2O5. The van der Waals surface area contributed by atoms with Crippen LogP contribution in [0.5, 0.6) is 11.5 Å². The summed E-state index contributed by atoms with van der Waals surface area (Å²) in [4.78, 5) is 38.9. The van der Waals surface area contributed by atoms with Crippen molar-refractivity contribution in [2.75, 3.05) is 17.3 Å². The molecule has 0 fully saturated rings. The minimum atomic E-state index is -0.739. The lowest BCUT2D eigenvalue weighted by atomic mass is 10.2. The van der Waals surface area contributed by atoms with Crippen molar-refractivity contribution < 1.29 is 23.9 Å². The van der Waals surface area contributed by atoms with E-state index in [2.05, 4.69) is 5.32 Å². The van der Waals surface area contributed by atoms with Gasteiger partial charge in [-0.05, 0) is 48.5 Å². The molecule has 0 saturated heterocycles. The first kappa shape index (κ1) is 23.6. The zero-order chi connectivity index (χ0) is 24.4. The van der Waals surface area contributed by atoms with Gasteiger partial charge in [-0.3, -0.25) is 9.59 Å². The first-order valence-electron chi connectivity index (χ1n) is 9.76. The number of anilines is 2. The van der Waals surface area contributed by atoms with E-state index in [0.717, 1.165) is 4.90 Å². The molecule has 34 heavy (non-hydrogen) atoms. The van der Waals surface area contributed by atoms with Crippen molar-refractivity contribution >= 4 is 64.0 Å². The van der Waals surface area contributed by atoms with Gasteiger partial charge in [0.15, 0.2) is 0 Å². The van der Waals surface area contributed by atoms with E-state index in [1.165, 1.54) is 31.4 Å². The second-order valence-corrected chi connectivity index (χ2v) is 8.14. The van der Waals surface area contributed by atoms with Crippen LogP contribution < -0.4 is 19.7 Å². The summed E-state index contributed by atoms with van der Waals surface area (Å²) < 4.78 is 10.5. The molecular weight excluding hydrogens is 503 g/mol. The van der Waals surface area contributed by atoms with E-state index >= 15 is 0 Å². The largest absolute Gasteiger partial charge is 0.497 e. The van der Waals surface area contributed by atoms with Crippen LogP contribution in [0.15, 0.2) is 77.5 Å². The smallest absolute Gasteiger partial charge is 0.343 e. The Morgan fingerprint density at radius 2 is 1.56 bits per heavy atom. The number of benzene rings is 3. The molecule has 0 bridgehead atoms. The van der Waals surface area contributed by atoms with Gasteiger partial charge >= 0.3 is 5.97 Å². The number of amides is 2. The first-order valence-corrected chi connectivity index (χ1v) is 10.9. The number of carbonyl (C=O) groups excluding carboxylic acids is 3. The average molecular weight is 518 g/mol. The third-order valence-corrected chi connectivity index (χ3v) is 6.00. The first-order chi connectivity index (χ1) is 16.3. The predicted molar refractivity (Wildman–Crippen MR) is 130 cm³/mol. The van der Waals surface area contributed by atoms with Gasteiger partial charge < -0.3 is 14.8 Å². The highest BCUT2D eigenvalue weighted by atomic mass is 35.5. The Morgan fingerprint density at radius 3 is 2.26 bits per heavy atom. The molecule has 0 radical (unpaired) electrons. The maximum atomic E-state index is 12.9. The minimum Gasteiger partial charge on any atom is -0.497 e. The molecule has 3 aromatic carbocycles. The van der Waals surface area contributed by atoms with Crippen molar-refractivity contribution in [3.63, 3.8) is 0 Å². The summed E-state index contributed by atoms with van der Waals surface area (Å²) in [6.07, 6.45) is 0. The molecule has 0 aliphatic carbocycles. The number of carbonyl (C=O) groups is 3. The Balaban J connectivity index is 1.49. The number of nitrogens with zero attached hydrogens (tertiary/aromatic N) is 1. The molecule has 1 aliphatic rings. The van der Waals surface area contributed by atoms with Crippen LogP contribution in [-0.2, 0) is 9.59 Å². The molecule has 0 spiro atoms. The van der Waals surface area contributed by atoms with E-state index in [0.29, 0.717) is 17.2 Å². The van der Waals surface area contributed by atoms with Gasteiger partial charge in [0.25, 0.3) is 11.8 Å². The third kappa shape index (κ3) is 4.59. The Kier molecular flexibility index (Phi) is 6.79. The second-order valence-electron chi connectivity index (χ2n) is 6.98. The molecule has 1 aliphatic heterocycles. The zero-order valence-corrected chi connectivity index (χ0v) is 19.7. The maximum absolute atomic E-state index is 12.9. The lowest BCUT2D eigenvalue weighted by Gasteiger charge is -2.17. The third-order valence-electron chi connectivity index (χ3n) is 4.84. The zero-order valence-electron chi connectivity index (χ0n) is 17.5. The van der Waals surface area contributed by atoms with Crippen LogP contribution in [0.4, 0.5) is 11.4 Å². The van der Waals surface area contributed by atoms with Crippen LogP contribution in [0.1, 0.15) is 10.4 Å². The van der Waals surface area contributed by atoms with E-state index < -0.39 is 17.8 Å². The van der Waals surface area contributed by atoms with E-state index in [9.17, 15) is 14.4 Å². The van der Waals surface area contributed by atoms with Crippen molar-refractivity contribution in [1.82, 2.24) is 0 Å². The highest BCUT2D eigenvalue weighted by Crippen LogP contribution is 2.37. The normalized spacial score (nSPS) is 13.4. The number of ether oxygens (including phenoxy) is 2. The van der Waals surface area contributed by atoms with E-state index in [-0.39, 0.29) is 32.0 Å². The fourth-order valence-electron chi connectivity index (χ4n) is 3.16. The van der Waals surface area contributed by atoms with Crippen molar-refractivity contribution in [2.45, 2.75) is 0 Å². The number of halogens is 3. The molecule has 1 N–H and O–H groups in total. The summed E-state index contributed by atoms with van der Waals surface area (Å²) in [6.45, 7) is 0. The summed E-state index contributed by atoms with van der Waals surface area (Å²) in [5.74, 6) is -1.12. The Bertz CT molecular complexity index is 1340. The van der Waals surface area contributed by atoms with Gasteiger partial charge in [-0.15, -0.1) is 0 Å². The highest BCUT2D eigenvalue weighted by Gasteiger charge is 2.40. The molecule has 172 valence electrons. The lowest BCUT2D eigenvalue weighted by molar-refractivity contribution is -0.120. The minimum absolute atomic E-state index is 0.0514. The van der Waals surface area contributed by atoms with E-state index in [1.54, 1.807) is 42.5 Å². The summed E-state index contributed by atoms with van der Waals surface area (Å²) in [7, 11) is 1.51. The molecule has 0 atom stereocenters. The van der Waals surface area contributed by atoms with Crippen LogP contribution in [0, 0.1) is 0 Å².